The highest BCUT2D eigenvalue weighted by Gasteiger charge is 2.26. The highest BCUT2D eigenvalue weighted by molar-refractivity contribution is 6.29. The average Bonchev–Trinajstić information content (AvgIpc) is 2.15. The van der Waals surface area contributed by atoms with Crippen LogP contribution >= 0.6 is 11.6 Å². The lowest BCUT2D eigenvalue weighted by Gasteiger charge is -2.38. The van der Waals surface area contributed by atoms with Crippen LogP contribution in [-0.2, 0) is 11.3 Å². The van der Waals surface area contributed by atoms with E-state index in [9.17, 15) is 0 Å². The predicted molar refractivity (Wildman–Crippen MR) is 64.6 cm³/mol. The number of ether oxygens (including phenoxy) is 1. The van der Waals surface area contributed by atoms with Gasteiger partial charge in [0.05, 0.1) is 12.2 Å². The van der Waals surface area contributed by atoms with Crippen molar-refractivity contribution < 1.29 is 4.74 Å². The molecule has 2 rings (SSSR count). The first-order valence-electron chi connectivity index (χ1n) is 5.52. The number of rotatable bonds is 2. The summed E-state index contributed by atoms with van der Waals surface area (Å²) in [5, 5.41) is 0.560. The van der Waals surface area contributed by atoms with Crippen molar-refractivity contribution in [2.75, 3.05) is 19.7 Å². The molecule has 0 atom stereocenters. The van der Waals surface area contributed by atoms with Crippen molar-refractivity contribution in [2.24, 2.45) is 0 Å². The Kier molecular flexibility index (Phi) is 3.47. The van der Waals surface area contributed by atoms with Crippen LogP contribution < -0.4 is 0 Å². The van der Waals surface area contributed by atoms with Gasteiger partial charge in [-0.15, -0.1) is 0 Å². The van der Waals surface area contributed by atoms with Gasteiger partial charge in [-0.1, -0.05) is 11.6 Å². The Morgan fingerprint density at radius 3 is 3.06 bits per heavy atom. The fraction of sp³-hybridized carbons (Fsp3) is 0.583. The molecule has 1 aromatic heterocycles. The first-order valence-corrected chi connectivity index (χ1v) is 5.90. The molecule has 0 aromatic carbocycles. The maximum absolute atomic E-state index is 5.86. The van der Waals surface area contributed by atoms with Gasteiger partial charge in [-0.05, 0) is 31.5 Å². The Bertz CT molecular complexity index is 368. The van der Waals surface area contributed by atoms with E-state index in [0.29, 0.717) is 5.15 Å². The van der Waals surface area contributed by atoms with Crippen LogP contribution in [0.2, 0.25) is 5.15 Å². The van der Waals surface area contributed by atoms with E-state index in [1.807, 2.05) is 12.1 Å². The number of aromatic nitrogens is 1. The zero-order valence-electron chi connectivity index (χ0n) is 9.74. The van der Waals surface area contributed by atoms with Crippen molar-refractivity contribution in [3.63, 3.8) is 0 Å². The second-order valence-corrected chi connectivity index (χ2v) is 5.19. The lowest BCUT2D eigenvalue weighted by molar-refractivity contribution is -0.0882. The smallest absolute Gasteiger partial charge is 0.129 e. The largest absolute Gasteiger partial charge is 0.373 e. The summed E-state index contributed by atoms with van der Waals surface area (Å²) < 4.78 is 5.68. The van der Waals surface area contributed by atoms with Gasteiger partial charge in [0, 0.05) is 25.8 Å². The minimum atomic E-state index is -0.0466. The third-order valence-electron chi connectivity index (χ3n) is 2.70. The highest BCUT2D eigenvalue weighted by Crippen LogP contribution is 2.18. The third-order valence-corrected chi connectivity index (χ3v) is 2.91. The fourth-order valence-corrected chi connectivity index (χ4v) is 2.24. The predicted octanol–water partition coefficient (Wildman–Crippen LogP) is 2.35. The molecule has 1 fully saturated rings. The number of halogens is 1. The molecule has 1 aliphatic rings. The Labute approximate surface area is 101 Å². The SMILES string of the molecule is CC1(C)CN(Cc2ccnc(Cl)c2)CCO1. The Hall–Kier alpha value is -0.640. The molecule has 3 nitrogen and oxygen atoms in total. The summed E-state index contributed by atoms with van der Waals surface area (Å²) in [5.74, 6) is 0. The van der Waals surface area contributed by atoms with Gasteiger partial charge in [0.25, 0.3) is 0 Å². The molecule has 0 N–H and O–H groups in total. The number of hydrogen-bond acceptors (Lipinski definition) is 3. The molecule has 4 heteroatoms. The Morgan fingerprint density at radius 2 is 2.38 bits per heavy atom. The molecule has 0 radical (unpaired) electrons. The molecule has 1 aliphatic heterocycles. The Morgan fingerprint density at radius 1 is 1.56 bits per heavy atom. The average molecular weight is 241 g/mol. The number of morpholine rings is 1. The molecule has 1 aromatic rings. The molecule has 1 saturated heterocycles. The van der Waals surface area contributed by atoms with Crippen LogP contribution in [0.4, 0.5) is 0 Å². The van der Waals surface area contributed by atoms with Crippen LogP contribution in [0.15, 0.2) is 18.3 Å². The summed E-state index contributed by atoms with van der Waals surface area (Å²) >= 11 is 5.86. The minimum absolute atomic E-state index is 0.0466. The van der Waals surface area contributed by atoms with Crippen LogP contribution in [0.25, 0.3) is 0 Å². The zero-order valence-corrected chi connectivity index (χ0v) is 10.5. The van der Waals surface area contributed by atoms with Crippen molar-refractivity contribution in [1.82, 2.24) is 9.88 Å². The lowest BCUT2D eigenvalue weighted by Crippen LogP contribution is -2.47. The normalized spacial score (nSPS) is 20.9. The van der Waals surface area contributed by atoms with E-state index in [2.05, 4.69) is 23.7 Å². The molecular formula is C12H17ClN2O. The summed E-state index contributed by atoms with van der Waals surface area (Å²) in [6.07, 6.45) is 1.75. The van der Waals surface area contributed by atoms with E-state index >= 15 is 0 Å². The van der Waals surface area contributed by atoms with Crippen LogP contribution in [0.5, 0.6) is 0 Å². The van der Waals surface area contributed by atoms with Gasteiger partial charge < -0.3 is 4.74 Å². The summed E-state index contributed by atoms with van der Waals surface area (Å²) in [6.45, 7) is 7.88. The molecule has 0 spiro atoms. The van der Waals surface area contributed by atoms with E-state index in [4.69, 9.17) is 16.3 Å². The molecule has 88 valence electrons. The maximum Gasteiger partial charge on any atom is 0.129 e. The Balaban J connectivity index is 1.99. The summed E-state index contributed by atoms with van der Waals surface area (Å²) in [5.41, 5.74) is 1.16. The molecule has 0 amide bonds. The summed E-state index contributed by atoms with van der Waals surface area (Å²) in [7, 11) is 0. The van der Waals surface area contributed by atoms with Gasteiger partial charge in [0.2, 0.25) is 0 Å². The van der Waals surface area contributed by atoms with Crippen LogP contribution in [-0.4, -0.2) is 35.2 Å². The summed E-state index contributed by atoms with van der Waals surface area (Å²) in [4.78, 5) is 6.37. The van der Waals surface area contributed by atoms with E-state index in [1.165, 1.54) is 5.56 Å². The maximum atomic E-state index is 5.86. The quantitative estimate of drug-likeness (QED) is 0.742. The summed E-state index contributed by atoms with van der Waals surface area (Å²) in [6, 6.07) is 3.93. The van der Waals surface area contributed by atoms with Crippen molar-refractivity contribution in [2.45, 2.75) is 26.0 Å². The van der Waals surface area contributed by atoms with E-state index < -0.39 is 0 Å². The highest BCUT2D eigenvalue weighted by atomic mass is 35.5. The topological polar surface area (TPSA) is 25.4 Å². The second-order valence-electron chi connectivity index (χ2n) is 4.81. The van der Waals surface area contributed by atoms with Crippen LogP contribution in [0, 0.1) is 0 Å². The van der Waals surface area contributed by atoms with Gasteiger partial charge in [-0.25, -0.2) is 4.98 Å². The van der Waals surface area contributed by atoms with Crippen LogP contribution in [0.1, 0.15) is 19.4 Å². The molecule has 0 unspecified atom stereocenters. The van der Waals surface area contributed by atoms with Gasteiger partial charge >= 0.3 is 0 Å². The van der Waals surface area contributed by atoms with Crippen molar-refractivity contribution >= 4 is 11.6 Å². The monoisotopic (exact) mass is 240 g/mol. The van der Waals surface area contributed by atoms with E-state index in [1.54, 1.807) is 6.20 Å². The third kappa shape index (κ3) is 3.17. The molecular weight excluding hydrogens is 224 g/mol. The molecule has 0 saturated carbocycles. The minimum Gasteiger partial charge on any atom is -0.373 e. The molecule has 0 bridgehead atoms. The van der Waals surface area contributed by atoms with Gasteiger partial charge in [0.15, 0.2) is 0 Å². The van der Waals surface area contributed by atoms with Crippen molar-refractivity contribution in [3.8, 4) is 0 Å². The zero-order chi connectivity index (χ0) is 11.6. The first kappa shape index (κ1) is 11.8. The van der Waals surface area contributed by atoms with Crippen molar-refractivity contribution in [1.29, 1.82) is 0 Å². The molecule has 0 aliphatic carbocycles. The van der Waals surface area contributed by atoms with Gasteiger partial charge in [-0.2, -0.15) is 0 Å². The van der Waals surface area contributed by atoms with E-state index in [0.717, 1.165) is 26.2 Å². The lowest BCUT2D eigenvalue weighted by atomic mass is 10.1. The van der Waals surface area contributed by atoms with E-state index in [-0.39, 0.29) is 5.60 Å². The molecule has 16 heavy (non-hydrogen) atoms. The number of hydrogen-bond donors (Lipinski definition) is 0. The van der Waals surface area contributed by atoms with Gasteiger partial charge in [-0.3, -0.25) is 4.90 Å². The number of nitrogens with zero attached hydrogens (tertiary/aromatic N) is 2. The standard InChI is InChI=1S/C12H17ClN2O/c1-12(2)9-15(5-6-16-12)8-10-3-4-14-11(13)7-10/h3-4,7H,5-6,8-9H2,1-2H3. The van der Waals surface area contributed by atoms with Crippen LogP contribution in [0.3, 0.4) is 0 Å². The first-order chi connectivity index (χ1) is 7.55. The fourth-order valence-electron chi connectivity index (χ4n) is 2.05. The number of pyridine rings is 1. The second kappa shape index (κ2) is 4.70. The van der Waals surface area contributed by atoms with Gasteiger partial charge in [0.1, 0.15) is 5.15 Å². The van der Waals surface area contributed by atoms with Crippen molar-refractivity contribution in [3.05, 3.63) is 29.0 Å². The molecule has 2 heterocycles.